The fourth-order valence-corrected chi connectivity index (χ4v) is 3.21. The Kier molecular flexibility index (Phi) is 7.79. The van der Waals surface area contributed by atoms with E-state index in [9.17, 15) is 9.59 Å². The average Bonchev–Trinajstić information content (AvgIpc) is 3.20. The van der Waals surface area contributed by atoms with Gasteiger partial charge in [-0.1, -0.05) is 17.7 Å². The van der Waals surface area contributed by atoms with Crippen LogP contribution in [0.4, 0.5) is 5.69 Å². The van der Waals surface area contributed by atoms with E-state index in [1.54, 1.807) is 25.1 Å². The van der Waals surface area contributed by atoms with Crippen molar-refractivity contribution in [2.75, 3.05) is 25.3 Å². The molecule has 0 saturated carbocycles. The number of nitrogens with one attached hydrogen (secondary N) is 2. The van der Waals surface area contributed by atoms with Crippen molar-refractivity contribution in [3.05, 3.63) is 52.5 Å². The van der Waals surface area contributed by atoms with Gasteiger partial charge < -0.3 is 24.8 Å². The van der Waals surface area contributed by atoms with Crippen LogP contribution in [0.25, 0.3) is 0 Å². The van der Waals surface area contributed by atoms with E-state index in [0.717, 1.165) is 12.0 Å². The van der Waals surface area contributed by atoms with Gasteiger partial charge in [-0.15, -0.1) is 0 Å². The summed E-state index contributed by atoms with van der Waals surface area (Å²) in [4.78, 5) is 24.1. The fraction of sp³-hybridized carbons (Fsp3) is 0.364. The number of fused-ring (bicyclic) bond motifs is 1. The summed E-state index contributed by atoms with van der Waals surface area (Å²) in [5, 5.41) is 6.64. The monoisotopic (exact) mass is 432 g/mol. The first-order valence-corrected chi connectivity index (χ1v) is 10.3. The molecule has 2 aromatic rings. The van der Waals surface area contributed by atoms with Gasteiger partial charge in [0.05, 0.1) is 12.2 Å². The Morgan fingerprint density at radius 3 is 2.77 bits per heavy atom. The number of unbranched alkanes of at least 4 members (excludes halogenated alkanes) is 1. The van der Waals surface area contributed by atoms with E-state index in [1.165, 1.54) is 0 Å². The Morgan fingerprint density at radius 2 is 1.93 bits per heavy atom. The van der Waals surface area contributed by atoms with Gasteiger partial charge in [0.2, 0.25) is 6.79 Å². The molecule has 2 aromatic carbocycles. The number of carbonyl (C=O) groups is 2. The molecule has 1 amide bonds. The maximum absolute atomic E-state index is 12.7. The van der Waals surface area contributed by atoms with Crippen LogP contribution >= 0.6 is 11.6 Å². The normalized spacial score (nSPS) is 11.8. The minimum Gasteiger partial charge on any atom is -0.466 e. The number of ether oxygens (including phenoxy) is 3. The molecule has 0 radical (unpaired) electrons. The summed E-state index contributed by atoms with van der Waals surface area (Å²) in [7, 11) is 0. The van der Waals surface area contributed by atoms with E-state index in [-0.39, 0.29) is 18.7 Å². The van der Waals surface area contributed by atoms with Crippen molar-refractivity contribution in [1.29, 1.82) is 0 Å². The quantitative estimate of drug-likeness (QED) is 0.433. The third kappa shape index (κ3) is 6.03. The van der Waals surface area contributed by atoms with Crippen LogP contribution < -0.4 is 20.1 Å². The van der Waals surface area contributed by atoms with Crippen LogP contribution in [0.3, 0.4) is 0 Å². The minimum atomic E-state index is -0.232. The molecule has 1 aliphatic rings. The molecule has 0 saturated heterocycles. The number of rotatable bonds is 10. The first kappa shape index (κ1) is 21.8. The molecule has 1 heterocycles. The van der Waals surface area contributed by atoms with E-state index in [1.807, 2.05) is 18.2 Å². The van der Waals surface area contributed by atoms with Crippen molar-refractivity contribution >= 4 is 29.2 Å². The lowest BCUT2D eigenvalue weighted by molar-refractivity contribution is -0.143. The lowest BCUT2D eigenvalue weighted by atomic mass is 10.1. The predicted molar refractivity (Wildman–Crippen MR) is 114 cm³/mol. The number of benzene rings is 2. The number of amides is 1. The van der Waals surface area contributed by atoms with Crippen molar-refractivity contribution in [2.45, 2.75) is 32.7 Å². The van der Waals surface area contributed by atoms with Gasteiger partial charge in [0.1, 0.15) is 0 Å². The Balaban J connectivity index is 1.53. The Labute approximate surface area is 180 Å². The van der Waals surface area contributed by atoms with Gasteiger partial charge in [-0.25, -0.2) is 0 Å². The Hall–Kier alpha value is -2.93. The summed E-state index contributed by atoms with van der Waals surface area (Å²) < 4.78 is 15.6. The lowest BCUT2D eigenvalue weighted by Gasteiger charge is -2.13. The van der Waals surface area contributed by atoms with Crippen LogP contribution in [0.15, 0.2) is 36.4 Å². The zero-order chi connectivity index (χ0) is 21.3. The molecule has 8 heteroatoms. The molecule has 0 aliphatic carbocycles. The van der Waals surface area contributed by atoms with Crippen LogP contribution in [-0.2, 0) is 16.1 Å². The largest absolute Gasteiger partial charge is 0.466 e. The molecule has 2 N–H and O–H groups in total. The first-order chi connectivity index (χ1) is 14.6. The molecular weight excluding hydrogens is 408 g/mol. The third-order valence-electron chi connectivity index (χ3n) is 4.54. The Morgan fingerprint density at radius 1 is 1.10 bits per heavy atom. The maximum Gasteiger partial charge on any atom is 0.305 e. The molecule has 7 nitrogen and oxygen atoms in total. The van der Waals surface area contributed by atoms with Crippen molar-refractivity contribution in [1.82, 2.24) is 5.32 Å². The summed E-state index contributed by atoms with van der Waals surface area (Å²) >= 11 is 6.10. The Bertz CT molecular complexity index is 903. The highest BCUT2D eigenvalue weighted by Crippen LogP contribution is 2.32. The summed E-state index contributed by atoms with van der Waals surface area (Å²) in [6, 6.07) is 10.7. The molecule has 160 valence electrons. The number of anilines is 1. The molecule has 30 heavy (non-hydrogen) atoms. The van der Waals surface area contributed by atoms with Crippen molar-refractivity contribution in [2.24, 2.45) is 0 Å². The van der Waals surface area contributed by atoms with E-state index in [2.05, 4.69) is 10.6 Å². The summed E-state index contributed by atoms with van der Waals surface area (Å²) in [5.74, 6) is 0.959. The molecule has 0 bridgehead atoms. The average molecular weight is 433 g/mol. The van der Waals surface area contributed by atoms with E-state index in [0.29, 0.717) is 60.3 Å². The van der Waals surface area contributed by atoms with Gasteiger partial charge in [0.25, 0.3) is 5.91 Å². The van der Waals surface area contributed by atoms with Crippen LogP contribution in [0, 0.1) is 0 Å². The minimum absolute atomic E-state index is 0.187. The van der Waals surface area contributed by atoms with Crippen LogP contribution in [0.5, 0.6) is 11.5 Å². The van der Waals surface area contributed by atoms with Gasteiger partial charge in [0.15, 0.2) is 11.5 Å². The maximum atomic E-state index is 12.7. The molecular formula is C22H25ClN2O5. The summed E-state index contributed by atoms with van der Waals surface area (Å²) in [5.41, 5.74) is 2.07. The molecule has 0 atom stereocenters. The highest BCUT2D eigenvalue weighted by molar-refractivity contribution is 6.31. The van der Waals surface area contributed by atoms with Gasteiger partial charge >= 0.3 is 5.97 Å². The van der Waals surface area contributed by atoms with Crippen molar-refractivity contribution in [3.8, 4) is 11.5 Å². The van der Waals surface area contributed by atoms with Gasteiger partial charge in [-0.2, -0.15) is 0 Å². The van der Waals surface area contributed by atoms with Crippen LogP contribution in [0.2, 0.25) is 5.02 Å². The smallest absolute Gasteiger partial charge is 0.305 e. The highest BCUT2D eigenvalue weighted by atomic mass is 35.5. The fourth-order valence-electron chi connectivity index (χ4n) is 3.04. The second-order valence-corrected chi connectivity index (χ2v) is 7.19. The second kappa shape index (κ2) is 10.7. The molecule has 0 spiro atoms. The van der Waals surface area contributed by atoms with Crippen molar-refractivity contribution in [3.63, 3.8) is 0 Å². The predicted octanol–water partition coefficient (Wildman–Crippen LogP) is 4.14. The van der Waals surface area contributed by atoms with E-state index < -0.39 is 0 Å². The lowest BCUT2D eigenvalue weighted by Crippen LogP contribution is -2.24. The van der Waals surface area contributed by atoms with Crippen molar-refractivity contribution < 1.29 is 23.8 Å². The SMILES string of the molecule is CCOC(=O)CCCCNc1ccc(Cl)cc1C(=O)NCc1ccc2c(c1)OCO2. The zero-order valence-corrected chi connectivity index (χ0v) is 17.6. The van der Waals surface area contributed by atoms with Crippen LogP contribution in [0.1, 0.15) is 42.1 Å². The summed E-state index contributed by atoms with van der Waals surface area (Å²) in [6.07, 6.45) is 1.88. The molecule has 0 aromatic heterocycles. The van der Waals surface area contributed by atoms with Gasteiger partial charge in [-0.3, -0.25) is 9.59 Å². The molecule has 0 unspecified atom stereocenters. The third-order valence-corrected chi connectivity index (χ3v) is 4.78. The number of esters is 1. The molecule has 0 fully saturated rings. The number of halogens is 1. The molecule has 1 aliphatic heterocycles. The van der Waals surface area contributed by atoms with E-state index >= 15 is 0 Å². The number of hydrogen-bond donors (Lipinski definition) is 2. The zero-order valence-electron chi connectivity index (χ0n) is 16.8. The summed E-state index contributed by atoms with van der Waals surface area (Å²) in [6.45, 7) is 3.37. The number of hydrogen-bond acceptors (Lipinski definition) is 6. The second-order valence-electron chi connectivity index (χ2n) is 6.75. The number of carbonyl (C=O) groups excluding carboxylic acids is 2. The van der Waals surface area contributed by atoms with E-state index in [4.69, 9.17) is 25.8 Å². The van der Waals surface area contributed by atoms with Gasteiger partial charge in [0, 0.05) is 30.2 Å². The topological polar surface area (TPSA) is 85.9 Å². The van der Waals surface area contributed by atoms with Crippen LogP contribution in [-0.4, -0.2) is 31.8 Å². The van der Waals surface area contributed by atoms with Gasteiger partial charge in [-0.05, 0) is 55.7 Å². The standard InChI is InChI=1S/C22H25ClN2O5/c1-2-28-21(26)5-3-4-10-24-18-8-7-16(23)12-17(18)22(27)25-13-15-6-9-19-20(11-15)30-14-29-19/h6-9,11-12,24H,2-5,10,13-14H2,1H3,(H,25,27). The highest BCUT2D eigenvalue weighted by Gasteiger charge is 2.15. The molecule has 3 rings (SSSR count). The first-order valence-electron chi connectivity index (χ1n) is 9.92.